The Labute approximate surface area is 166 Å². The first-order valence-corrected chi connectivity index (χ1v) is 8.76. The van der Waals surface area contributed by atoms with Crippen LogP contribution in [0.4, 0.5) is 0 Å². The fourth-order valence-corrected chi connectivity index (χ4v) is 3.44. The molecule has 2 aromatic rings. The summed E-state index contributed by atoms with van der Waals surface area (Å²) >= 11 is 11.3. The number of carbonyl (C=O) groups excluding carboxylic acids is 1. The first kappa shape index (κ1) is 18.8. The normalized spacial score (nSPS) is 21.3. The van der Waals surface area contributed by atoms with E-state index in [-0.39, 0.29) is 22.5 Å². The van der Waals surface area contributed by atoms with E-state index in [4.69, 9.17) is 43.8 Å². The van der Waals surface area contributed by atoms with Crippen LogP contribution in [0.15, 0.2) is 42.5 Å². The third kappa shape index (κ3) is 3.64. The molecule has 134 valence electrons. The van der Waals surface area contributed by atoms with Crippen molar-refractivity contribution >= 4 is 34.7 Å². The van der Waals surface area contributed by atoms with E-state index in [9.17, 15) is 4.79 Å². The summed E-state index contributed by atoms with van der Waals surface area (Å²) in [5.74, 6) is -0.468. The number of carbonyl (C=O) groups is 1. The van der Waals surface area contributed by atoms with Gasteiger partial charge in [-0.05, 0) is 61.1 Å². The molecule has 1 aliphatic heterocycles. The van der Waals surface area contributed by atoms with Crippen LogP contribution in [-0.4, -0.2) is 23.0 Å². The predicted molar refractivity (Wildman–Crippen MR) is 103 cm³/mol. The van der Waals surface area contributed by atoms with Crippen molar-refractivity contribution in [3.05, 3.63) is 64.2 Å². The zero-order valence-corrected chi connectivity index (χ0v) is 15.8. The number of ketones is 1. The second-order valence-corrected chi connectivity index (χ2v) is 7.03. The maximum absolute atomic E-state index is 13.0. The summed E-state index contributed by atoms with van der Waals surface area (Å²) in [4.78, 5) is 13.0. The van der Waals surface area contributed by atoms with E-state index >= 15 is 0 Å². The van der Waals surface area contributed by atoms with Crippen LogP contribution in [0.3, 0.4) is 0 Å². The van der Waals surface area contributed by atoms with Crippen LogP contribution in [0, 0.1) is 22.7 Å². The fraction of sp³-hybridized carbons (Fsp3) is 0.200. The number of nitriles is 2. The number of Topliss-reactive ketones (excluding diaryl/α,β-unsaturated/α-hetero) is 1. The Morgan fingerprint density at radius 2 is 1.93 bits per heavy atom. The van der Waals surface area contributed by atoms with Crippen molar-refractivity contribution in [2.24, 2.45) is 0 Å². The number of ether oxygens (including phenoxy) is 2. The molecule has 0 aliphatic carbocycles. The Bertz CT molecular complexity index is 1010. The van der Waals surface area contributed by atoms with Gasteiger partial charge in [-0.25, -0.2) is 0 Å². The fourth-order valence-electron chi connectivity index (χ4n) is 2.78. The topological polar surface area (TPSA) is 83.1 Å². The second-order valence-electron chi connectivity index (χ2n) is 6.23. The highest BCUT2D eigenvalue weighted by atomic mass is 35.5. The van der Waals surface area contributed by atoms with Crippen molar-refractivity contribution < 1.29 is 14.3 Å². The van der Waals surface area contributed by atoms with Crippen molar-refractivity contribution in [1.82, 2.24) is 0 Å². The molecule has 5 nitrogen and oxygen atoms in total. The average molecular weight is 397 g/mol. The van der Waals surface area contributed by atoms with Crippen LogP contribution in [0.2, 0.25) is 5.02 Å². The van der Waals surface area contributed by atoms with Gasteiger partial charge >= 0.3 is 0 Å². The summed E-state index contributed by atoms with van der Waals surface area (Å²) in [5.41, 5.74) is 0.178. The van der Waals surface area contributed by atoms with Gasteiger partial charge in [0.1, 0.15) is 24.3 Å². The molecule has 0 spiro atoms. The van der Waals surface area contributed by atoms with Gasteiger partial charge in [0.05, 0.1) is 22.2 Å². The number of hydrogen-bond acceptors (Lipinski definition) is 6. The summed E-state index contributed by atoms with van der Waals surface area (Å²) in [6, 6.07) is 15.3. The van der Waals surface area contributed by atoms with Gasteiger partial charge in [0.25, 0.3) is 0 Å². The van der Waals surface area contributed by atoms with Gasteiger partial charge in [-0.3, -0.25) is 4.79 Å². The molecule has 27 heavy (non-hydrogen) atoms. The Morgan fingerprint density at radius 1 is 1.22 bits per heavy atom. The van der Waals surface area contributed by atoms with E-state index < -0.39 is 11.5 Å². The smallest absolute Gasteiger partial charge is 0.199 e. The highest BCUT2D eigenvalue weighted by Crippen LogP contribution is 2.37. The van der Waals surface area contributed by atoms with Crippen LogP contribution in [0.5, 0.6) is 5.75 Å². The zero-order chi connectivity index (χ0) is 19.6. The van der Waals surface area contributed by atoms with Crippen molar-refractivity contribution in [3.63, 3.8) is 0 Å². The summed E-state index contributed by atoms with van der Waals surface area (Å²) < 4.78 is 11.4. The predicted octanol–water partition coefficient (Wildman–Crippen LogP) is 3.93. The first-order chi connectivity index (χ1) is 12.9. The number of rotatable bonds is 4. The molecule has 3 rings (SSSR count). The maximum atomic E-state index is 13.0. The zero-order valence-electron chi connectivity index (χ0n) is 14.2. The molecule has 0 N–H and O–H groups in total. The molecule has 1 fully saturated rings. The van der Waals surface area contributed by atoms with Gasteiger partial charge in [-0.2, -0.15) is 10.5 Å². The van der Waals surface area contributed by atoms with E-state index in [1.165, 1.54) is 0 Å². The minimum absolute atomic E-state index is 0.0294. The summed E-state index contributed by atoms with van der Waals surface area (Å²) in [6.45, 7) is 1.59. The minimum atomic E-state index is -1.24. The molecule has 1 heterocycles. The van der Waals surface area contributed by atoms with Crippen LogP contribution in [0.1, 0.15) is 29.5 Å². The molecule has 1 saturated heterocycles. The first-order valence-electron chi connectivity index (χ1n) is 7.97. The van der Waals surface area contributed by atoms with Crippen molar-refractivity contribution in [1.29, 1.82) is 10.5 Å². The van der Waals surface area contributed by atoms with Gasteiger partial charge < -0.3 is 9.47 Å². The third-order valence-electron chi connectivity index (χ3n) is 4.29. The van der Waals surface area contributed by atoms with E-state index in [1.807, 2.05) is 12.1 Å². The van der Waals surface area contributed by atoms with Gasteiger partial charge in [0.15, 0.2) is 16.4 Å². The summed E-state index contributed by atoms with van der Waals surface area (Å²) in [6.07, 6.45) is 0. The molecule has 0 amide bonds. The Balaban J connectivity index is 1.78. The van der Waals surface area contributed by atoms with Crippen LogP contribution in [-0.2, 0) is 9.53 Å². The Hall–Kier alpha value is -2.93. The molecule has 0 saturated carbocycles. The second kappa shape index (κ2) is 7.36. The number of thiocarbonyl (C=S) groups is 1. The van der Waals surface area contributed by atoms with Crippen molar-refractivity contribution in [2.45, 2.75) is 18.4 Å². The van der Waals surface area contributed by atoms with Crippen molar-refractivity contribution in [3.8, 4) is 17.9 Å². The SMILES string of the molecule is CC1(COc2ccc(C#N)cc2)OC(=S)C(c2ccc(C#N)c(Cl)c2)C1=O. The molecule has 2 aromatic carbocycles. The Kier molecular flexibility index (Phi) is 5.14. The third-order valence-corrected chi connectivity index (χ3v) is 4.92. The van der Waals surface area contributed by atoms with Gasteiger partial charge in [0.2, 0.25) is 0 Å². The van der Waals surface area contributed by atoms with Crippen LogP contribution in [0.25, 0.3) is 0 Å². The molecule has 7 heteroatoms. The van der Waals surface area contributed by atoms with Crippen LogP contribution >= 0.6 is 23.8 Å². The van der Waals surface area contributed by atoms with Gasteiger partial charge in [0, 0.05) is 0 Å². The maximum Gasteiger partial charge on any atom is 0.199 e. The molecular formula is C20H13ClN2O3S. The summed E-state index contributed by atoms with van der Waals surface area (Å²) in [7, 11) is 0. The lowest BCUT2D eigenvalue weighted by Gasteiger charge is -2.22. The molecule has 0 aromatic heterocycles. The molecule has 2 atom stereocenters. The van der Waals surface area contributed by atoms with E-state index in [0.29, 0.717) is 22.4 Å². The van der Waals surface area contributed by atoms with Crippen molar-refractivity contribution in [2.75, 3.05) is 6.61 Å². The molecular weight excluding hydrogens is 384 g/mol. The molecule has 1 aliphatic rings. The van der Waals surface area contributed by atoms with E-state index in [0.717, 1.165) is 0 Å². The van der Waals surface area contributed by atoms with E-state index in [2.05, 4.69) is 0 Å². The Morgan fingerprint density at radius 3 is 2.52 bits per heavy atom. The van der Waals surface area contributed by atoms with Gasteiger partial charge in [-0.1, -0.05) is 17.7 Å². The van der Waals surface area contributed by atoms with Crippen LogP contribution < -0.4 is 4.74 Å². The lowest BCUT2D eigenvalue weighted by molar-refractivity contribution is -0.131. The quantitative estimate of drug-likeness (QED) is 0.728. The standard InChI is InChI=1S/C20H13ClN2O3S/c1-20(11-25-15-6-2-12(9-22)3-7-15)18(24)17(19(27)26-20)13-4-5-14(10-23)16(21)8-13/h2-8,17H,11H2,1H3. The number of hydrogen-bond donors (Lipinski definition) is 0. The number of halogens is 1. The molecule has 2 unspecified atom stereocenters. The van der Waals surface area contributed by atoms with Gasteiger partial charge in [-0.15, -0.1) is 0 Å². The highest BCUT2D eigenvalue weighted by molar-refractivity contribution is 7.80. The lowest BCUT2D eigenvalue weighted by atomic mass is 9.89. The highest BCUT2D eigenvalue weighted by Gasteiger charge is 2.51. The molecule has 0 radical (unpaired) electrons. The number of benzene rings is 2. The average Bonchev–Trinajstić information content (AvgIpc) is 2.89. The largest absolute Gasteiger partial charge is 0.489 e. The summed E-state index contributed by atoms with van der Waals surface area (Å²) in [5, 5.41) is 18.2. The lowest BCUT2D eigenvalue weighted by Crippen LogP contribution is -2.40. The van der Waals surface area contributed by atoms with E-state index in [1.54, 1.807) is 49.4 Å². The molecule has 0 bridgehead atoms. The minimum Gasteiger partial charge on any atom is -0.489 e. The number of nitrogens with zero attached hydrogens (tertiary/aromatic N) is 2. The monoisotopic (exact) mass is 396 g/mol.